The highest BCUT2D eigenvalue weighted by Gasteiger charge is 2.32. The monoisotopic (exact) mass is 465 g/mol. The number of nitrogens with two attached hydrogens (primary N) is 1. The fourth-order valence-corrected chi connectivity index (χ4v) is 2.46. The summed E-state index contributed by atoms with van der Waals surface area (Å²) in [6.45, 7) is 10.2. The van der Waals surface area contributed by atoms with Crippen molar-refractivity contribution in [2.24, 2.45) is 5.73 Å². The first-order valence-corrected chi connectivity index (χ1v) is 10.6. The minimum absolute atomic E-state index is 0.0302. The van der Waals surface area contributed by atoms with Crippen molar-refractivity contribution in [3.8, 4) is 0 Å². The number of benzene rings is 1. The standard InChI is InChI=1S/C23H35N3O7/c1-22(2,3)32-14-17(20(29)33-23(4,5)6)25-19(28)16(12-18(24)27)26-21(30)31-13-15-10-8-7-9-11-15/h7-11,16-17H,12-14H2,1-6H3,(H2,24,27)(H,25,28)(H,26,30)/t16-,17-/m1/s1. The maximum absolute atomic E-state index is 12.8. The Balaban J connectivity index is 2.87. The van der Waals surface area contributed by atoms with Gasteiger partial charge < -0.3 is 30.6 Å². The molecule has 0 aliphatic rings. The predicted octanol–water partition coefficient (Wildman–Crippen LogP) is 1.80. The lowest BCUT2D eigenvalue weighted by atomic mass is 10.1. The van der Waals surface area contributed by atoms with Gasteiger partial charge >= 0.3 is 12.1 Å². The molecule has 0 bridgehead atoms. The van der Waals surface area contributed by atoms with Gasteiger partial charge in [0.1, 0.15) is 18.2 Å². The number of ether oxygens (including phenoxy) is 3. The number of alkyl carbamates (subject to hydrolysis) is 1. The van der Waals surface area contributed by atoms with Crippen LogP contribution in [0.2, 0.25) is 0 Å². The molecule has 3 amide bonds. The lowest BCUT2D eigenvalue weighted by Crippen LogP contribution is -2.55. The highest BCUT2D eigenvalue weighted by molar-refractivity contribution is 5.93. The second-order valence-electron chi connectivity index (χ2n) is 9.45. The van der Waals surface area contributed by atoms with E-state index in [-0.39, 0.29) is 13.2 Å². The summed E-state index contributed by atoms with van der Waals surface area (Å²) in [5.74, 6) is -2.35. The quantitative estimate of drug-likeness (QED) is 0.447. The molecule has 0 heterocycles. The number of carbonyl (C=O) groups is 4. The molecule has 1 rings (SSSR count). The summed E-state index contributed by atoms with van der Waals surface area (Å²) in [6.07, 6.45) is -1.41. The van der Waals surface area contributed by atoms with Crippen LogP contribution in [0, 0.1) is 0 Å². The van der Waals surface area contributed by atoms with Crippen LogP contribution in [0.25, 0.3) is 0 Å². The SMILES string of the molecule is CC(C)(C)OC[C@@H](NC(=O)[C@@H](CC(N)=O)NC(=O)OCc1ccccc1)C(=O)OC(C)(C)C. The van der Waals surface area contributed by atoms with Crippen molar-refractivity contribution in [3.63, 3.8) is 0 Å². The number of hydrogen-bond donors (Lipinski definition) is 3. The highest BCUT2D eigenvalue weighted by Crippen LogP contribution is 2.12. The molecule has 0 spiro atoms. The number of carbonyl (C=O) groups excluding carboxylic acids is 4. The highest BCUT2D eigenvalue weighted by atomic mass is 16.6. The van der Waals surface area contributed by atoms with Gasteiger partial charge in [-0.3, -0.25) is 9.59 Å². The molecular formula is C23H35N3O7. The Kier molecular flexibility index (Phi) is 10.3. The zero-order chi connectivity index (χ0) is 25.2. The van der Waals surface area contributed by atoms with E-state index in [2.05, 4.69) is 10.6 Å². The van der Waals surface area contributed by atoms with Gasteiger partial charge in [-0.1, -0.05) is 30.3 Å². The van der Waals surface area contributed by atoms with Crippen molar-refractivity contribution >= 4 is 23.9 Å². The predicted molar refractivity (Wildman–Crippen MR) is 121 cm³/mol. The number of primary amides is 1. The van der Waals surface area contributed by atoms with Gasteiger partial charge in [-0.25, -0.2) is 9.59 Å². The molecule has 4 N–H and O–H groups in total. The molecule has 10 nitrogen and oxygen atoms in total. The molecule has 0 aliphatic carbocycles. The van der Waals surface area contributed by atoms with Crippen LogP contribution >= 0.6 is 0 Å². The van der Waals surface area contributed by atoms with Crippen LogP contribution in [-0.4, -0.2) is 53.8 Å². The van der Waals surface area contributed by atoms with Crippen LogP contribution in [-0.2, 0) is 35.2 Å². The Morgan fingerprint density at radius 1 is 0.909 bits per heavy atom. The van der Waals surface area contributed by atoms with E-state index >= 15 is 0 Å². The zero-order valence-electron chi connectivity index (χ0n) is 20.1. The van der Waals surface area contributed by atoms with Crippen LogP contribution in [0.5, 0.6) is 0 Å². The Labute approximate surface area is 194 Å². The molecule has 0 fully saturated rings. The average molecular weight is 466 g/mol. The van der Waals surface area contributed by atoms with E-state index in [0.29, 0.717) is 0 Å². The van der Waals surface area contributed by atoms with Crippen LogP contribution in [0.4, 0.5) is 4.79 Å². The van der Waals surface area contributed by atoms with Gasteiger partial charge in [0.15, 0.2) is 6.04 Å². The average Bonchev–Trinajstić information content (AvgIpc) is 2.67. The Bertz CT molecular complexity index is 814. The normalized spacial score (nSPS) is 13.4. The van der Waals surface area contributed by atoms with Gasteiger partial charge in [-0.05, 0) is 47.1 Å². The van der Waals surface area contributed by atoms with Gasteiger partial charge in [0, 0.05) is 0 Å². The Hall–Kier alpha value is -3.14. The number of nitrogens with one attached hydrogen (secondary N) is 2. The fourth-order valence-electron chi connectivity index (χ4n) is 2.46. The summed E-state index contributed by atoms with van der Waals surface area (Å²) < 4.78 is 16.1. The molecular weight excluding hydrogens is 430 g/mol. The van der Waals surface area contributed by atoms with Gasteiger partial charge in [0.05, 0.1) is 18.6 Å². The van der Waals surface area contributed by atoms with Crippen LogP contribution in [0.15, 0.2) is 30.3 Å². The number of amides is 3. The summed E-state index contributed by atoms with van der Waals surface area (Å²) in [5, 5.41) is 4.80. The molecule has 10 heteroatoms. The van der Waals surface area contributed by atoms with Crippen LogP contribution < -0.4 is 16.4 Å². The lowest BCUT2D eigenvalue weighted by Gasteiger charge is -2.28. The number of esters is 1. The topological polar surface area (TPSA) is 146 Å². The molecule has 1 aromatic carbocycles. The molecule has 0 saturated carbocycles. The zero-order valence-corrected chi connectivity index (χ0v) is 20.1. The molecule has 0 aromatic heterocycles. The van der Waals surface area contributed by atoms with Crippen LogP contribution in [0.1, 0.15) is 53.5 Å². The largest absolute Gasteiger partial charge is 0.458 e. The third-order valence-corrected chi connectivity index (χ3v) is 3.92. The van der Waals surface area contributed by atoms with E-state index in [4.69, 9.17) is 19.9 Å². The van der Waals surface area contributed by atoms with E-state index in [0.717, 1.165) is 5.56 Å². The molecule has 1 aromatic rings. The second kappa shape index (κ2) is 12.2. The first kappa shape index (κ1) is 27.9. The molecule has 0 unspecified atom stereocenters. The number of hydrogen-bond acceptors (Lipinski definition) is 7. The van der Waals surface area contributed by atoms with Crippen LogP contribution in [0.3, 0.4) is 0 Å². The Morgan fingerprint density at radius 2 is 1.52 bits per heavy atom. The van der Waals surface area contributed by atoms with Crippen molar-refractivity contribution in [3.05, 3.63) is 35.9 Å². The third kappa shape index (κ3) is 12.5. The van der Waals surface area contributed by atoms with Crippen molar-refractivity contribution in [1.29, 1.82) is 0 Å². The fraction of sp³-hybridized carbons (Fsp3) is 0.565. The summed E-state index contributed by atoms with van der Waals surface area (Å²) >= 11 is 0. The van der Waals surface area contributed by atoms with Gasteiger partial charge in [-0.15, -0.1) is 0 Å². The van der Waals surface area contributed by atoms with Crippen molar-refractivity contribution in [2.45, 2.75) is 77.9 Å². The second-order valence-corrected chi connectivity index (χ2v) is 9.45. The summed E-state index contributed by atoms with van der Waals surface area (Å²) in [4.78, 5) is 49.1. The van der Waals surface area contributed by atoms with Crippen molar-refractivity contribution < 1.29 is 33.4 Å². The number of rotatable bonds is 10. The molecule has 0 saturated heterocycles. The Morgan fingerprint density at radius 3 is 2.03 bits per heavy atom. The summed E-state index contributed by atoms with van der Waals surface area (Å²) in [7, 11) is 0. The summed E-state index contributed by atoms with van der Waals surface area (Å²) in [6, 6.07) is 6.40. The third-order valence-electron chi connectivity index (χ3n) is 3.92. The molecule has 33 heavy (non-hydrogen) atoms. The molecule has 184 valence electrons. The molecule has 2 atom stereocenters. The van der Waals surface area contributed by atoms with E-state index in [9.17, 15) is 19.2 Å². The van der Waals surface area contributed by atoms with Gasteiger partial charge in [0.25, 0.3) is 0 Å². The van der Waals surface area contributed by atoms with E-state index in [1.165, 1.54) is 0 Å². The maximum Gasteiger partial charge on any atom is 0.408 e. The minimum Gasteiger partial charge on any atom is -0.458 e. The van der Waals surface area contributed by atoms with E-state index in [1.807, 2.05) is 6.07 Å². The summed E-state index contributed by atoms with van der Waals surface area (Å²) in [5.41, 5.74) is 4.59. The maximum atomic E-state index is 12.8. The lowest BCUT2D eigenvalue weighted by molar-refractivity contribution is -0.162. The van der Waals surface area contributed by atoms with Crippen molar-refractivity contribution in [1.82, 2.24) is 10.6 Å². The van der Waals surface area contributed by atoms with E-state index in [1.54, 1.807) is 65.8 Å². The smallest absolute Gasteiger partial charge is 0.408 e. The minimum atomic E-state index is -1.36. The molecule has 0 aliphatic heterocycles. The van der Waals surface area contributed by atoms with E-state index < -0.39 is 53.6 Å². The first-order chi connectivity index (χ1) is 15.2. The first-order valence-electron chi connectivity index (χ1n) is 10.6. The van der Waals surface area contributed by atoms with Crippen molar-refractivity contribution in [2.75, 3.05) is 6.61 Å². The molecule has 0 radical (unpaired) electrons. The van der Waals surface area contributed by atoms with Gasteiger partial charge in [-0.2, -0.15) is 0 Å². The van der Waals surface area contributed by atoms with Gasteiger partial charge in [0.2, 0.25) is 11.8 Å².